The Morgan fingerprint density at radius 3 is 2.93 bits per heavy atom. The van der Waals surface area contributed by atoms with Crippen molar-refractivity contribution in [3.05, 3.63) is 57.3 Å². The first-order valence-electron chi connectivity index (χ1n) is 9.09. The zero-order valence-corrected chi connectivity index (χ0v) is 17.4. The number of ether oxygens (including phenoxy) is 1. The molecule has 3 rings (SSSR count). The highest BCUT2D eigenvalue weighted by molar-refractivity contribution is 7.16. The van der Waals surface area contributed by atoms with Crippen molar-refractivity contribution >= 4 is 39.1 Å². The number of benzene rings is 2. The molecule has 144 valence electrons. The third-order valence-electron chi connectivity index (χ3n) is 4.32. The Kier molecular flexibility index (Phi) is 6.56. The minimum atomic E-state index is -0.331. The summed E-state index contributed by atoms with van der Waals surface area (Å²) in [5, 5.41) is 0.658. The van der Waals surface area contributed by atoms with Gasteiger partial charge in [-0.2, -0.15) is 4.99 Å². The molecule has 0 saturated heterocycles. The molecule has 1 amide bonds. The molecule has 0 unspecified atom stereocenters. The van der Waals surface area contributed by atoms with Gasteiger partial charge in [-0.3, -0.25) is 4.79 Å². The molecule has 0 N–H and O–H groups in total. The highest BCUT2D eigenvalue weighted by atomic mass is 35.5. The number of hydrogen-bond acceptors (Lipinski definition) is 3. The summed E-state index contributed by atoms with van der Waals surface area (Å²) in [6.45, 7) is 4.98. The molecule has 2 aromatic carbocycles. The van der Waals surface area contributed by atoms with E-state index < -0.39 is 0 Å². The summed E-state index contributed by atoms with van der Waals surface area (Å²) in [6.07, 6.45) is 7.57. The molecule has 1 heterocycles. The van der Waals surface area contributed by atoms with Gasteiger partial charge >= 0.3 is 0 Å². The molecule has 0 spiro atoms. The molecule has 0 fully saturated rings. The molecule has 0 atom stereocenters. The molecule has 3 aromatic rings. The maximum atomic E-state index is 12.8. The van der Waals surface area contributed by atoms with E-state index in [1.165, 1.54) is 11.3 Å². The number of carbonyl (C=O) groups is 1. The van der Waals surface area contributed by atoms with Crippen LogP contribution in [-0.2, 0) is 6.54 Å². The third kappa shape index (κ3) is 4.30. The van der Waals surface area contributed by atoms with E-state index in [9.17, 15) is 4.79 Å². The van der Waals surface area contributed by atoms with Crippen LogP contribution in [0.4, 0.5) is 0 Å². The van der Waals surface area contributed by atoms with E-state index >= 15 is 0 Å². The molecule has 28 heavy (non-hydrogen) atoms. The second kappa shape index (κ2) is 9.09. The van der Waals surface area contributed by atoms with Gasteiger partial charge in [-0.05, 0) is 49.2 Å². The van der Waals surface area contributed by atoms with Gasteiger partial charge in [-0.1, -0.05) is 48.3 Å². The van der Waals surface area contributed by atoms with Crippen LogP contribution in [-0.4, -0.2) is 17.1 Å². The summed E-state index contributed by atoms with van der Waals surface area (Å²) in [4.78, 5) is 17.7. The number of amides is 1. The maximum absolute atomic E-state index is 12.8. The zero-order chi connectivity index (χ0) is 20.1. The van der Waals surface area contributed by atoms with E-state index in [0.717, 1.165) is 28.6 Å². The van der Waals surface area contributed by atoms with Crippen molar-refractivity contribution in [2.45, 2.75) is 33.2 Å². The molecule has 0 radical (unpaired) electrons. The molecule has 1 aromatic heterocycles. The SMILES string of the molecule is C#CCn1c(=NC(=O)c2cccc(OCCCC)c2)sc2ccc(Cl)c(C)c21. The van der Waals surface area contributed by atoms with Crippen LogP contribution in [0.2, 0.25) is 5.02 Å². The van der Waals surface area contributed by atoms with Crippen LogP contribution in [0.25, 0.3) is 10.2 Å². The second-order valence-corrected chi connectivity index (χ2v) is 7.76. The maximum Gasteiger partial charge on any atom is 0.279 e. The minimum absolute atomic E-state index is 0.313. The van der Waals surface area contributed by atoms with Gasteiger partial charge in [-0.25, -0.2) is 0 Å². The number of unbranched alkanes of at least 4 members (excludes halogenated alkanes) is 1. The van der Waals surface area contributed by atoms with Crippen LogP contribution in [0.15, 0.2) is 41.4 Å². The summed E-state index contributed by atoms with van der Waals surface area (Å²) in [7, 11) is 0. The number of thiazole rings is 1. The van der Waals surface area contributed by atoms with Crippen molar-refractivity contribution in [2.24, 2.45) is 4.99 Å². The molecular formula is C22H21ClN2O2S. The Morgan fingerprint density at radius 1 is 1.36 bits per heavy atom. The van der Waals surface area contributed by atoms with Gasteiger partial charge in [0.05, 0.1) is 23.4 Å². The van der Waals surface area contributed by atoms with Crippen molar-refractivity contribution in [3.8, 4) is 18.1 Å². The van der Waals surface area contributed by atoms with Gasteiger partial charge in [0.25, 0.3) is 5.91 Å². The minimum Gasteiger partial charge on any atom is -0.494 e. The second-order valence-electron chi connectivity index (χ2n) is 6.34. The van der Waals surface area contributed by atoms with Crippen LogP contribution < -0.4 is 9.54 Å². The van der Waals surface area contributed by atoms with Gasteiger partial charge in [-0.15, -0.1) is 6.42 Å². The number of terminal acetylenes is 1. The molecule has 0 bridgehead atoms. The van der Waals surface area contributed by atoms with Gasteiger partial charge in [0.2, 0.25) is 0 Å². The average Bonchev–Trinajstić information content (AvgIpc) is 3.03. The van der Waals surface area contributed by atoms with E-state index in [4.69, 9.17) is 22.8 Å². The molecule has 6 heteroatoms. The number of rotatable bonds is 6. The lowest BCUT2D eigenvalue weighted by Gasteiger charge is -2.06. The molecule has 0 saturated carbocycles. The van der Waals surface area contributed by atoms with Crippen molar-refractivity contribution in [1.82, 2.24) is 4.57 Å². The quantitative estimate of drug-likeness (QED) is 0.411. The average molecular weight is 413 g/mol. The van der Waals surface area contributed by atoms with E-state index in [1.807, 2.05) is 29.7 Å². The Labute approximate surface area is 173 Å². The summed E-state index contributed by atoms with van der Waals surface area (Å²) >= 11 is 7.69. The van der Waals surface area contributed by atoms with E-state index in [1.54, 1.807) is 18.2 Å². The van der Waals surface area contributed by atoms with E-state index in [-0.39, 0.29) is 5.91 Å². The Hall–Kier alpha value is -2.55. The Morgan fingerprint density at radius 2 is 2.18 bits per heavy atom. The van der Waals surface area contributed by atoms with Crippen molar-refractivity contribution in [2.75, 3.05) is 6.61 Å². The Bertz CT molecular complexity index is 1120. The predicted molar refractivity (Wildman–Crippen MR) is 115 cm³/mol. The lowest BCUT2D eigenvalue weighted by atomic mass is 10.2. The summed E-state index contributed by atoms with van der Waals surface area (Å²) in [6, 6.07) is 10.9. The molecule has 0 aliphatic carbocycles. The fraction of sp³-hybridized carbons (Fsp3) is 0.273. The first-order chi connectivity index (χ1) is 13.5. The molecule has 0 aliphatic heterocycles. The lowest BCUT2D eigenvalue weighted by molar-refractivity contribution is 0.0997. The van der Waals surface area contributed by atoms with Crippen molar-refractivity contribution in [3.63, 3.8) is 0 Å². The zero-order valence-electron chi connectivity index (χ0n) is 15.9. The number of aromatic nitrogens is 1. The molecule has 0 aliphatic rings. The molecule has 4 nitrogen and oxygen atoms in total. The van der Waals surface area contributed by atoms with Gasteiger partial charge in [0.1, 0.15) is 5.75 Å². The number of hydrogen-bond donors (Lipinski definition) is 0. The van der Waals surface area contributed by atoms with Crippen LogP contribution >= 0.6 is 22.9 Å². The number of aryl methyl sites for hydroxylation is 1. The number of nitrogens with zero attached hydrogens (tertiary/aromatic N) is 2. The third-order valence-corrected chi connectivity index (χ3v) is 5.78. The van der Waals surface area contributed by atoms with Crippen LogP contribution in [0, 0.1) is 19.3 Å². The fourth-order valence-electron chi connectivity index (χ4n) is 2.84. The van der Waals surface area contributed by atoms with Crippen LogP contribution in [0.3, 0.4) is 0 Å². The van der Waals surface area contributed by atoms with Crippen LogP contribution in [0.1, 0.15) is 35.7 Å². The normalized spacial score (nSPS) is 11.6. The van der Waals surface area contributed by atoms with Crippen molar-refractivity contribution < 1.29 is 9.53 Å². The summed E-state index contributed by atoms with van der Waals surface area (Å²) < 4.78 is 8.54. The van der Waals surface area contributed by atoms with Gasteiger partial charge in [0.15, 0.2) is 4.80 Å². The fourth-order valence-corrected chi connectivity index (χ4v) is 4.08. The highest BCUT2D eigenvalue weighted by Crippen LogP contribution is 2.27. The first-order valence-corrected chi connectivity index (χ1v) is 10.3. The smallest absolute Gasteiger partial charge is 0.279 e. The monoisotopic (exact) mass is 412 g/mol. The van der Waals surface area contributed by atoms with Gasteiger partial charge in [0, 0.05) is 10.6 Å². The summed E-state index contributed by atoms with van der Waals surface area (Å²) in [5.74, 6) is 2.98. The topological polar surface area (TPSA) is 43.6 Å². The van der Waals surface area contributed by atoms with Crippen LogP contribution in [0.5, 0.6) is 5.75 Å². The summed E-state index contributed by atoms with van der Waals surface area (Å²) in [5.41, 5.74) is 2.32. The van der Waals surface area contributed by atoms with E-state index in [0.29, 0.717) is 34.3 Å². The number of halogens is 1. The molecular weight excluding hydrogens is 392 g/mol. The Balaban J connectivity index is 2.01. The lowest BCUT2D eigenvalue weighted by Crippen LogP contribution is -2.17. The number of fused-ring (bicyclic) bond motifs is 1. The first kappa shape index (κ1) is 20.2. The van der Waals surface area contributed by atoms with Crippen molar-refractivity contribution in [1.29, 1.82) is 0 Å². The van der Waals surface area contributed by atoms with Gasteiger partial charge < -0.3 is 9.30 Å². The standard InChI is InChI=1S/C22H21ClN2O2S/c1-4-6-13-27-17-9-7-8-16(14-17)21(26)24-22-25(12-5-2)20-15(3)18(23)10-11-19(20)28-22/h2,7-11,14H,4,6,12-13H2,1,3H3. The predicted octanol–water partition coefficient (Wildman–Crippen LogP) is 5.22. The highest BCUT2D eigenvalue weighted by Gasteiger charge is 2.12. The number of carbonyl (C=O) groups excluding carboxylic acids is 1. The van der Waals surface area contributed by atoms with E-state index in [2.05, 4.69) is 17.8 Å². The largest absolute Gasteiger partial charge is 0.494 e.